The molecule has 1 unspecified atom stereocenters. The topological polar surface area (TPSA) is 42.0 Å². The zero-order chi connectivity index (χ0) is 12.5. The van der Waals surface area contributed by atoms with Crippen molar-refractivity contribution in [3.63, 3.8) is 0 Å². The van der Waals surface area contributed by atoms with E-state index in [9.17, 15) is 4.79 Å². The number of carbonyl (C=O) groups excluding carboxylic acids is 1. The summed E-state index contributed by atoms with van der Waals surface area (Å²) in [6, 6.07) is 3.61. The zero-order valence-electron chi connectivity index (χ0n) is 10.2. The van der Waals surface area contributed by atoms with Gasteiger partial charge in [0.2, 0.25) is 0 Å². The summed E-state index contributed by atoms with van der Waals surface area (Å²) < 4.78 is 0. The lowest BCUT2D eigenvalue weighted by Gasteiger charge is -2.17. The standard InChI is InChI=1S/C13H17ClN2O/c1-13(2)6-5-10(7-13)16-12(17)11-4-3-9(14)8-15-11/h3-4,8,10H,5-7H2,1-2H3,(H,16,17). The van der Waals surface area contributed by atoms with Crippen molar-refractivity contribution in [1.29, 1.82) is 0 Å². The van der Waals surface area contributed by atoms with Gasteiger partial charge in [0, 0.05) is 12.2 Å². The zero-order valence-corrected chi connectivity index (χ0v) is 10.9. The minimum absolute atomic E-state index is 0.107. The molecule has 1 amide bonds. The van der Waals surface area contributed by atoms with E-state index in [2.05, 4.69) is 24.1 Å². The first-order chi connectivity index (χ1) is 7.96. The van der Waals surface area contributed by atoms with Crippen molar-refractivity contribution in [3.05, 3.63) is 29.0 Å². The number of nitrogens with zero attached hydrogens (tertiary/aromatic N) is 1. The first-order valence-electron chi connectivity index (χ1n) is 5.89. The molecule has 0 spiro atoms. The fourth-order valence-corrected chi connectivity index (χ4v) is 2.44. The quantitative estimate of drug-likeness (QED) is 0.879. The Balaban J connectivity index is 1.96. The van der Waals surface area contributed by atoms with Crippen LogP contribution in [0.5, 0.6) is 0 Å². The maximum atomic E-state index is 11.9. The largest absolute Gasteiger partial charge is 0.348 e. The van der Waals surface area contributed by atoms with Crippen molar-refractivity contribution in [2.24, 2.45) is 5.41 Å². The van der Waals surface area contributed by atoms with Gasteiger partial charge in [-0.15, -0.1) is 0 Å². The Kier molecular flexibility index (Phi) is 3.38. The molecule has 1 N–H and O–H groups in total. The summed E-state index contributed by atoms with van der Waals surface area (Å²) in [7, 11) is 0. The molecule has 1 fully saturated rings. The van der Waals surface area contributed by atoms with Crippen molar-refractivity contribution >= 4 is 17.5 Å². The Morgan fingerprint density at radius 2 is 2.29 bits per heavy atom. The maximum absolute atomic E-state index is 11.9. The molecule has 0 bridgehead atoms. The number of aromatic nitrogens is 1. The summed E-state index contributed by atoms with van der Waals surface area (Å²) in [5.74, 6) is -0.107. The molecule has 1 aromatic heterocycles. The van der Waals surface area contributed by atoms with E-state index in [0.717, 1.165) is 19.3 Å². The van der Waals surface area contributed by atoms with Crippen LogP contribution in [0.15, 0.2) is 18.3 Å². The molecule has 17 heavy (non-hydrogen) atoms. The summed E-state index contributed by atoms with van der Waals surface area (Å²) in [6.07, 6.45) is 4.74. The fraction of sp³-hybridized carbons (Fsp3) is 0.538. The summed E-state index contributed by atoms with van der Waals surface area (Å²) in [5.41, 5.74) is 0.768. The predicted molar refractivity (Wildman–Crippen MR) is 68.1 cm³/mol. The number of hydrogen-bond donors (Lipinski definition) is 1. The van der Waals surface area contributed by atoms with Crippen LogP contribution < -0.4 is 5.32 Å². The Morgan fingerprint density at radius 3 is 2.82 bits per heavy atom. The average Bonchev–Trinajstić information content (AvgIpc) is 2.59. The van der Waals surface area contributed by atoms with E-state index in [0.29, 0.717) is 16.1 Å². The van der Waals surface area contributed by atoms with E-state index >= 15 is 0 Å². The van der Waals surface area contributed by atoms with Gasteiger partial charge in [0.15, 0.2) is 0 Å². The van der Waals surface area contributed by atoms with Gasteiger partial charge < -0.3 is 5.32 Å². The molecule has 0 aliphatic heterocycles. The van der Waals surface area contributed by atoms with Crippen molar-refractivity contribution < 1.29 is 4.79 Å². The van der Waals surface area contributed by atoms with Crippen LogP contribution in [0.1, 0.15) is 43.6 Å². The second-order valence-electron chi connectivity index (χ2n) is 5.44. The van der Waals surface area contributed by atoms with Crippen LogP contribution in [0.25, 0.3) is 0 Å². The van der Waals surface area contributed by atoms with Crippen LogP contribution in [-0.2, 0) is 0 Å². The molecule has 1 saturated carbocycles. The van der Waals surface area contributed by atoms with Crippen LogP contribution in [0.2, 0.25) is 5.02 Å². The van der Waals surface area contributed by atoms with Crippen molar-refractivity contribution in [3.8, 4) is 0 Å². The highest BCUT2D eigenvalue weighted by Gasteiger charge is 2.31. The Bertz CT molecular complexity index is 414. The molecule has 1 aliphatic carbocycles. The van der Waals surface area contributed by atoms with Crippen molar-refractivity contribution in [2.75, 3.05) is 0 Å². The van der Waals surface area contributed by atoms with E-state index in [-0.39, 0.29) is 11.9 Å². The van der Waals surface area contributed by atoms with Gasteiger partial charge in [-0.25, -0.2) is 4.98 Å². The molecule has 1 aromatic rings. The van der Waals surface area contributed by atoms with E-state index in [1.807, 2.05) is 0 Å². The lowest BCUT2D eigenvalue weighted by atomic mass is 9.92. The van der Waals surface area contributed by atoms with Crippen molar-refractivity contribution in [1.82, 2.24) is 10.3 Å². The summed E-state index contributed by atoms with van der Waals surface area (Å²) in [5, 5.41) is 3.57. The molecule has 1 heterocycles. The van der Waals surface area contributed by atoms with E-state index in [4.69, 9.17) is 11.6 Å². The molecule has 0 saturated heterocycles. The number of carbonyl (C=O) groups is 1. The fourth-order valence-electron chi connectivity index (χ4n) is 2.33. The average molecular weight is 253 g/mol. The maximum Gasteiger partial charge on any atom is 0.270 e. The van der Waals surface area contributed by atoms with Gasteiger partial charge in [0.05, 0.1) is 5.02 Å². The molecular weight excluding hydrogens is 236 g/mol. The Hall–Kier alpha value is -1.09. The smallest absolute Gasteiger partial charge is 0.270 e. The first kappa shape index (κ1) is 12.4. The molecule has 1 aliphatic rings. The molecular formula is C13H17ClN2O. The number of nitrogens with one attached hydrogen (secondary N) is 1. The molecule has 0 aromatic carbocycles. The highest BCUT2D eigenvalue weighted by Crippen LogP contribution is 2.36. The summed E-state index contributed by atoms with van der Waals surface area (Å²) in [6.45, 7) is 4.47. The van der Waals surface area contributed by atoms with Crippen LogP contribution in [0.4, 0.5) is 0 Å². The Morgan fingerprint density at radius 1 is 1.53 bits per heavy atom. The van der Waals surface area contributed by atoms with Gasteiger partial charge in [-0.05, 0) is 36.8 Å². The molecule has 92 valence electrons. The second-order valence-corrected chi connectivity index (χ2v) is 5.88. The SMILES string of the molecule is CC1(C)CCC(NC(=O)c2ccc(Cl)cn2)C1. The highest BCUT2D eigenvalue weighted by molar-refractivity contribution is 6.30. The molecule has 2 rings (SSSR count). The summed E-state index contributed by atoms with van der Waals surface area (Å²) in [4.78, 5) is 15.9. The highest BCUT2D eigenvalue weighted by atomic mass is 35.5. The van der Waals surface area contributed by atoms with Gasteiger partial charge in [-0.3, -0.25) is 4.79 Å². The normalized spacial score (nSPS) is 22.4. The number of halogens is 1. The van der Waals surface area contributed by atoms with Gasteiger partial charge in [-0.1, -0.05) is 25.4 Å². The minimum atomic E-state index is -0.107. The van der Waals surface area contributed by atoms with E-state index in [1.54, 1.807) is 12.1 Å². The molecule has 0 radical (unpaired) electrons. The lowest BCUT2D eigenvalue weighted by Crippen LogP contribution is -2.33. The number of hydrogen-bond acceptors (Lipinski definition) is 2. The number of amides is 1. The van der Waals surface area contributed by atoms with Gasteiger partial charge in [-0.2, -0.15) is 0 Å². The molecule has 4 heteroatoms. The minimum Gasteiger partial charge on any atom is -0.348 e. The third kappa shape index (κ3) is 3.19. The molecule has 1 atom stereocenters. The van der Waals surface area contributed by atoms with E-state index in [1.165, 1.54) is 6.20 Å². The monoisotopic (exact) mass is 252 g/mol. The van der Waals surface area contributed by atoms with Crippen LogP contribution in [0.3, 0.4) is 0 Å². The van der Waals surface area contributed by atoms with Crippen molar-refractivity contribution in [2.45, 2.75) is 39.2 Å². The Labute approximate surface area is 107 Å². The van der Waals surface area contributed by atoms with Gasteiger partial charge in [0.25, 0.3) is 5.91 Å². The predicted octanol–water partition coefficient (Wildman–Crippen LogP) is 3.04. The van der Waals surface area contributed by atoms with E-state index < -0.39 is 0 Å². The summed E-state index contributed by atoms with van der Waals surface area (Å²) >= 11 is 5.73. The van der Waals surface area contributed by atoms with Gasteiger partial charge >= 0.3 is 0 Å². The third-order valence-electron chi connectivity index (χ3n) is 3.26. The number of pyridine rings is 1. The van der Waals surface area contributed by atoms with Gasteiger partial charge in [0.1, 0.15) is 5.69 Å². The third-order valence-corrected chi connectivity index (χ3v) is 3.49. The van der Waals surface area contributed by atoms with Crippen LogP contribution in [-0.4, -0.2) is 16.9 Å². The first-order valence-corrected chi connectivity index (χ1v) is 6.26. The van der Waals surface area contributed by atoms with Crippen LogP contribution in [0, 0.1) is 5.41 Å². The molecule has 3 nitrogen and oxygen atoms in total. The second kappa shape index (κ2) is 4.65. The lowest BCUT2D eigenvalue weighted by molar-refractivity contribution is 0.0931. The van der Waals surface area contributed by atoms with Crippen LogP contribution >= 0.6 is 11.6 Å². The number of rotatable bonds is 2.